The van der Waals surface area contributed by atoms with Crippen LogP contribution in [0.25, 0.3) is 0 Å². The number of hydrogen-bond donors (Lipinski definition) is 1. The Kier molecular flexibility index (Phi) is 5.39. The third-order valence-corrected chi connectivity index (χ3v) is 3.03. The molecular weight excluding hydrogens is 209 g/mol. The summed E-state index contributed by atoms with van der Waals surface area (Å²) in [7, 11) is 1.61. The maximum Gasteiger partial charge on any atom is 0.228 e. The van der Waals surface area contributed by atoms with E-state index in [0.717, 1.165) is 6.42 Å². The molecule has 0 unspecified atom stereocenters. The van der Waals surface area contributed by atoms with Gasteiger partial charge in [0.2, 0.25) is 5.91 Å². The second-order valence-corrected chi connectivity index (χ2v) is 5.26. The zero-order chi connectivity index (χ0) is 13.0. The number of methoxy groups -OCH3 is 1. The highest BCUT2D eigenvalue weighted by molar-refractivity contribution is 5.82. The lowest BCUT2D eigenvalue weighted by Gasteiger charge is -2.35. The number of amides is 1. The van der Waals surface area contributed by atoms with Gasteiger partial charge < -0.3 is 10.1 Å². The molecule has 0 aromatic heterocycles. The van der Waals surface area contributed by atoms with Gasteiger partial charge in [-0.3, -0.25) is 4.79 Å². The molecule has 0 aromatic rings. The molecule has 3 nitrogen and oxygen atoms in total. The molecule has 0 saturated heterocycles. The van der Waals surface area contributed by atoms with E-state index in [1.54, 1.807) is 21.0 Å². The quantitative estimate of drug-likeness (QED) is 0.764. The predicted molar refractivity (Wildman–Crippen MR) is 63.1 cm³/mol. The molecule has 0 spiro atoms. The maximum atomic E-state index is 12.7. The lowest BCUT2D eigenvalue weighted by molar-refractivity contribution is -0.133. The van der Waals surface area contributed by atoms with Crippen LogP contribution >= 0.6 is 0 Å². The molecule has 0 fully saturated rings. The standard InChI is InChI=1S/C12H24FNO2/c1-7-9(12(4,5)16-6)14-10(15)11(2,3)8-13/h9H,7-8H2,1-6H3,(H,14,15)/t9-/m1/s1. The molecule has 4 heteroatoms. The number of ether oxygens (including phenoxy) is 1. The van der Waals surface area contributed by atoms with Crippen molar-refractivity contribution >= 4 is 5.91 Å². The second-order valence-electron chi connectivity index (χ2n) is 5.26. The predicted octanol–water partition coefficient (Wildman–Crippen LogP) is 2.30. The van der Waals surface area contributed by atoms with Crippen LogP contribution in [0.5, 0.6) is 0 Å². The fourth-order valence-electron chi connectivity index (χ4n) is 1.32. The van der Waals surface area contributed by atoms with Gasteiger partial charge in [-0.1, -0.05) is 6.92 Å². The Labute approximate surface area is 97.7 Å². The van der Waals surface area contributed by atoms with Gasteiger partial charge in [-0.25, -0.2) is 4.39 Å². The van der Waals surface area contributed by atoms with Crippen molar-refractivity contribution in [2.45, 2.75) is 52.7 Å². The number of carbonyl (C=O) groups excluding carboxylic acids is 1. The van der Waals surface area contributed by atoms with E-state index in [1.165, 1.54) is 0 Å². The van der Waals surface area contributed by atoms with Crippen molar-refractivity contribution in [1.29, 1.82) is 0 Å². The fourth-order valence-corrected chi connectivity index (χ4v) is 1.32. The van der Waals surface area contributed by atoms with Crippen molar-refractivity contribution in [3.05, 3.63) is 0 Å². The topological polar surface area (TPSA) is 38.3 Å². The van der Waals surface area contributed by atoms with Crippen LogP contribution in [-0.4, -0.2) is 31.3 Å². The number of carbonyl (C=O) groups is 1. The van der Waals surface area contributed by atoms with Gasteiger partial charge in [-0.15, -0.1) is 0 Å². The Balaban J connectivity index is 4.63. The second kappa shape index (κ2) is 5.62. The largest absolute Gasteiger partial charge is 0.377 e. The smallest absolute Gasteiger partial charge is 0.228 e. The van der Waals surface area contributed by atoms with Crippen LogP contribution in [0.15, 0.2) is 0 Å². The van der Waals surface area contributed by atoms with E-state index in [1.807, 2.05) is 20.8 Å². The zero-order valence-electron chi connectivity index (χ0n) is 11.2. The number of halogens is 1. The van der Waals surface area contributed by atoms with Gasteiger partial charge in [-0.2, -0.15) is 0 Å². The molecule has 96 valence electrons. The Hall–Kier alpha value is -0.640. The minimum absolute atomic E-state index is 0.115. The summed E-state index contributed by atoms with van der Waals surface area (Å²) in [6.45, 7) is 8.30. The third-order valence-electron chi connectivity index (χ3n) is 3.03. The van der Waals surface area contributed by atoms with Crippen molar-refractivity contribution < 1.29 is 13.9 Å². The summed E-state index contributed by atoms with van der Waals surface area (Å²) >= 11 is 0. The molecule has 0 aliphatic carbocycles. The van der Waals surface area contributed by atoms with Crippen molar-refractivity contribution in [1.82, 2.24) is 5.32 Å². The molecule has 1 N–H and O–H groups in total. The number of hydrogen-bond acceptors (Lipinski definition) is 2. The van der Waals surface area contributed by atoms with Crippen LogP contribution in [0, 0.1) is 5.41 Å². The van der Waals surface area contributed by atoms with E-state index in [9.17, 15) is 9.18 Å². The SMILES string of the molecule is CC[C@@H](NC(=O)C(C)(C)CF)C(C)(C)OC. The number of alkyl halides is 1. The van der Waals surface area contributed by atoms with Crippen molar-refractivity contribution in [3.8, 4) is 0 Å². The van der Waals surface area contributed by atoms with E-state index in [2.05, 4.69) is 5.32 Å². The van der Waals surface area contributed by atoms with Gasteiger partial charge in [0, 0.05) is 7.11 Å². The highest BCUT2D eigenvalue weighted by Crippen LogP contribution is 2.20. The van der Waals surface area contributed by atoms with E-state index < -0.39 is 17.7 Å². The van der Waals surface area contributed by atoms with Crippen molar-refractivity contribution in [2.24, 2.45) is 5.41 Å². The Morgan fingerprint density at radius 3 is 2.19 bits per heavy atom. The molecule has 0 bridgehead atoms. The van der Waals surface area contributed by atoms with Crippen LogP contribution in [0.2, 0.25) is 0 Å². The Morgan fingerprint density at radius 2 is 1.88 bits per heavy atom. The molecule has 1 atom stereocenters. The van der Waals surface area contributed by atoms with Gasteiger partial charge in [0.25, 0.3) is 0 Å². The Bertz CT molecular complexity index is 239. The molecular formula is C12H24FNO2. The van der Waals surface area contributed by atoms with Crippen molar-refractivity contribution in [3.63, 3.8) is 0 Å². The summed E-state index contributed by atoms with van der Waals surface area (Å²) < 4.78 is 18.0. The normalized spacial score (nSPS) is 14.7. The zero-order valence-corrected chi connectivity index (χ0v) is 11.2. The monoisotopic (exact) mass is 233 g/mol. The van der Waals surface area contributed by atoms with E-state index in [4.69, 9.17) is 4.74 Å². The van der Waals surface area contributed by atoms with E-state index in [0.29, 0.717) is 0 Å². The Morgan fingerprint density at radius 1 is 1.38 bits per heavy atom. The van der Waals surface area contributed by atoms with E-state index in [-0.39, 0.29) is 11.9 Å². The summed E-state index contributed by atoms with van der Waals surface area (Å²) in [5, 5.41) is 2.85. The highest BCUT2D eigenvalue weighted by atomic mass is 19.1. The molecule has 0 aliphatic rings. The number of nitrogens with one attached hydrogen (secondary N) is 1. The first kappa shape index (κ1) is 15.4. The molecule has 0 radical (unpaired) electrons. The van der Waals surface area contributed by atoms with E-state index >= 15 is 0 Å². The molecule has 0 saturated carbocycles. The summed E-state index contributed by atoms with van der Waals surface area (Å²) in [4.78, 5) is 11.8. The van der Waals surface area contributed by atoms with Gasteiger partial charge in [0.1, 0.15) is 6.67 Å². The van der Waals surface area contributed by atoms with Crippen molar-refractivity contribution in [2.75, 3.05) is 13.8 Å². The molecule has 0 aliphatic heterocycles. The van der Waals surface area contributed by atoms with Crippen LogP contribution in [0.3, 0.4) is 0 Å². The molecule has 1 amide bonds. The summed E-state index contributed by atoms with van der Waals surface area (Å²) in [6, 6.07) is -0.115. The highest BCUT2D eigenvalue weighted by Gasteiger charge is 2.34. The first-order valence-corrected chi connectivity index (χ1v) is 5.63. The first-order valence-electron chi connectivity index (χ1n) is 5.63. The molecule has 0 heterocycles. The fraction of sp³-hybridized carbons (Fsp3) is 0.917. The average molecular weight is 233 g/mol. The van der Waals surface area contributed by atoms with Crippen LogP contribution in [-0.2, 0) is 9.53 Å². The summed E-state index contributed by atoms with van der Waals surface area (Å²) in [5.41, 5.74) is -1.42. The molecule has 0 aromatic carbocycles. The minimum Gasteiger partial charge on any atom is -0.377 e. The van der Waals surface area contributed by atoms with Gasteiger partial charge in [-0.05, 0) is 34.1 Å². The molecule has 0 rings (SSSR count). The lowest BCUT2D eigenvalue weighted by Crippen LogP contribution is -2.53. The van der Waals surface area contributed by atoms with Gasteiger partial charge in [0.05, 0.1) is 17.1 Å². The summed E-state index contributed by atoms with van der Waals surface area (Å²) in [6.07, 6.45) is 0.745. The van der Waals surface area contributed by atoms with Gasteiger partial charge >= 0.3 is 0 Å². The van der Waals surface area contributed by atoms with Crippen LogP contribution in [0.1, 0.15) is 41.0 Å². The van der Waals surface area contributed by atoms with Crippen LogP contribution in [0.4, 0.5) is 4.39 Å². The first-order chi connectivity index (χ1) is 7.21. The average Bonchev–Trinajstić information content (AvgIpc) is 2.24. The third kappa shape index (κ3) is 3.74. The summed E-state index contributed by atoms with van der Waals surface area (Å²) in [5.74, 6) is -0.271. The minimum atomic E-state index is -0.975. The van der Waals surface area contributed by atoms with Gasteiger partial charge in [0.15, 0.2) is 0 Å². The maximum absolute atomic E-state index is 12.7. The molecule has 16 heavy (non-hydrogen) atoms. The lowest BCUT2D eigenvalue weighted by atomic mass is 9.91. The number of rotatable bonds is 6. The van der Waals surface area contributed by atoms with Crippen LogP contribution < -0.4 is 5.32 Å².